The predicted octanol–water partition coefficient (Wildman–Crippen LogP) is 2.60. The molecule has 146 valence electrons. The standard InChI is InChI=1S/C20H26N2O4S/c1-4-19(20(23)21-14-13-16-9-6-5-7-10-16)22(27(3,24)25)17-11-8-12-18(15-17)26-2/h5-12,15,19H,4,13-14H2,1-3H3,(H,21,23)/t19-/m0/s1. The summed E-state index contributed by atoms with van der Waals surface area (Å²) in [6, 6.07) is 15.7. The minimum absolute atomic E-state index is 0.318. The number of ether oxygens (including phenoxy) is 1. The fraction of sp³-hybridized carbons (Fsp3) is 0.350. The molecule has 2 aromatic carbocycles. The molecule has 27 heavy (non-hydrogen) atoms. The fourth-order valence-corrected chi connectivity index (χ4v) is 4.10. The van der Waals surface area contributed by atoms with Gasteiger partial charge in [0.25, 0.3) is 0 Å². The monoisotopic (exact) mass is 390 g/mol. The van der Waals surface area contributed by atoms with E-state index in [1.807, 2.05) is 30.3 Å². The zero-order valence-corrected chi connectivity index (χ0v) is 16.7. The number of nitrogens with one attached hydrogen (secondary N) is 1. The normalized spacial score (nSPS) is 12.3. The van der Waals surface area contributed by atoms with Gasteiger partial charge in [0.2, 0.25) is 15.9 Å². The van der Waals surface area contributed by atoms with Crippen molar-refractivity contribution in [1.82, 2.24) is 5.32 Å². The second-order valence-electron chi connectivity index (χ2n) is 6.21. The van der Waals surface area contributed by atoms with Crippen LogP contribution in [-0.4, -0.2) is 40.3 Å². The molecule has 0 saturated heterocycles. The van der Waals surface area contributed by atoms with Gasteiger partial charge in [0, 0.05) is 12.6 Å². The predicted molar refractivity (Wildman–Crippen MR) is 108 cm³/mol. The third-order valence-electron chi connectivity index (χ3n) is 4.19. The van der Waals surface area contributed by atoms with E-state index in [4.69, 9.17) is 4.74 Å². The maximum absolute atomic E-state index is 12.7. The van der Waals surface area contributed by atoms with Crippen LogP contribution in [0.2, 0.25) is 0 Å². The molecule has 0 aromatic heterocycles. The van der Waals surface area contributed by atoms with Gasteiger partial charge in [-0.2, -0.15) is 0 Å². The van der Waals surface area contributed by atoms with Gasteiger partial charge in [-0.1, -0.05) is 43.3 Å². The summed E-state index contributed by atoms with van der Waals surface area (Å²) in [5.74, 6) is 0.210. The third kappa shape index (κ3) is 5.72. The molecule has 0 bridgehead atoms. The summed E-state index contributed by atoms with van der Waals surface area (Å²) in [5.41, 5.74) is 1.51. The van der Waals surface area contributed by atoms with Crippen LogP contribution in [0, 0.1) is 0 Å². The van der Waals surface area contributed by atoms with Crippen LogP contribution in [0.25, 0.3) is 0 Å². The molecule has 0 aliphatic heterocycles. The molecule has 0 fully saturated rings. The van der Waals surface area contributed by atoms with Gasteiger partial charge in [-0.25, -0.2) is 8.42 Å². The molecule has 1 amide bonds. The fourth-order valence-electron chi connectivity index (χ4n) is 2.90. The molecule has 2 rings (SSSR count). The topological polar surface area (TPSA) is 75.7 Å². The van der Waals surface area contributed by atoms with E-state index in [0.717, 1.165) is 16.1 Å². The first kappa shape index (κ1) is 20.8. The number of methoxy groups -OCH3 is 1. The molecular weight excluding hydrogens is 364 g/mol. The highest BCUT2D eigenvalue weighted by atomic mass is 32.2. The number of amides is 1. The van der Waals surface area contributed by atoms with Crippen LogP contribution in [0.4, 0.5) is 5.69 Å². The van der Waals surface area contributed by atoms with E-state index in [1.54, 1.807) is 31.2 Å². The number of sulfonamides is 1. The summed E-state index contributed by atoms with van der Waals surface area (Å²) < 4.78 is 31.2. The van der Waals surface area contributed by atoms with Crippen LogP contribution in [0.1, 0.15) is 18.9 Å². The molecule has 7 heteroatoms. The van der Waals surface area contributed by atoms with Gasteiger partial charge < -0.3 is 10.1 Å². The lowest BCUT2D eigenvalue weighted by molar-refractivity contribution is -0.122. The molecule has 6 nitrogen and oxygen atoms in total. The van der Waals surface area contributed by atoms with Gasteiger partial charge in [0.15, 0.2) is 0 Å². The number of carbonyl (C=O) groups is 1. The Bertz CT molecular complexity index is 853. The molecule has 0 aliphatic rings. The third-order valence-corrected chi connectivity index (χ3v) is 5.37. The number of hydrogen-bond acceptors (Lipinski definition) is 4. The molecule has 1 atom stereocenters. The van der Waals surface area contributed by atoms with Crippen LogP contribution < -0.4 is 14.4 Å². The number of benzene rings is 2. The Kier molecular flexibility index (Phi) is 7.24. The molecule has 0 unspecified atom stereocenters. The van der Waals surface area contributed by atoms with Crippen molar-refractivity contribution < 1.29 is 17.9 Å². The van der Waals surface area contributed by atoms with Gasteiger partial charge in [-0.3, -0.25) is 9.10 Å². The summed E-state index contributed by atoms with van der Waals surface area (Å²) in [6.07, 6.45) is 2.13. The first-order valence-electron chi connectivity index (χ1n) is 8.82. The van der Waals surface area contributed by atoms with E-state index in [0.29, 0.717) is 30.8 Å². The highest BCUT2D eigenvalue weighted by molar-refractivity contribution is 7.92. The average Bonchev–Trinajstić information content (AvgIpc) is 2.65. The van der Waals surface area contributed by atoms with Crippen molar-refractivity contribution in [2.45, 2.75) is 25.8 Å². The van der Waals surface area contributed by atoms with Crippen molar-refractivity contribution in [2.24, 2.45) is 0 Å². The van der Waals surface area contributed by atoms with Crippen LogP contribution in [0.15, 0.2) is 54.6 Å². The van der Waals surface area contributed by atoms with Crippen LogP contribution >= 0.6 is 0 Å². The lowest BCUT2D eigenvalue weighted by Gasteiger charge is -2.30. The van der Waals surface area contributed by atoms with E-state index in [1.165, 1.54) is 7.11 Å². The van der Waals surface area contributed by atoms with Crippen molar-refractivity contribution in [2.75, 3.05) is 24.2 Å². The Balaban J connectivity index is 2.17. The lowest BCUT2D eigenvalue weighted by Crippen LogP contribution is -2.49. The molecule has 2 aromatic rings. The van der Waals surface area contributed by atoms with E-state index < -0.39 is 16.1 Å². The minimum atomic E-state index is -3.66. The van der Waals surface area contributed by atoms with Gasteiger partial charge in [0.05, 0.1) is 19.1 Å². The zero-order valence-electron chi connectivity index (χ0n) is 15.9. The molecule has 0 radical (unpaired) electrons. The summed E-state index contributed by atoms with van der Waals surface area (Å²) in [5, 5.41) is 2.86. The van der Waals surface area contributed by atoms with Crippen molar-refractivity contribution in [3.63, 3.8) is 0 Å². The highest BCUT2D eigenvalue weighted by Crippen LogP contribution is 2.26. The van der Waals surface area contributed by atoms with Gasteiger partial charge in [0.1, 0.15) is 11.8 Å². The molecule has 1 N–H and O–H groups in total. The van der Waals surface area contributed by atoms with Gasteiger partial charge in [-0.15, -0.1) is 0 Å². The SMILES string of the molecule is CC[C@@H](C(=O)NCCc1ccccc1)N(c1cccc(OC)c1)S(C)(=O)=O. The summed E-state index contributed by atoms with van der Waals surface area (Å²) in [6.45, 7) is 2.23. The van der Waals surface area contributed by atoms with E-state index in [9.17, 15) is 13.2 Å². The maximum atomic E-state index is 12.7. The van der Waals surface area contributed by atoms with Crippen molar-refractivity contribution in [3.05, 3.63) is 60.2 Å². The highest BCUT2D eigenvalue weighted by Gasteiger charge is 2.31. The zero-order chi connectivity index (χ0) is 19.9. The minimum Gasteiger partial charge on any atom is -0.497 e. The maximum Gasteiger partial charge on any atom is 0.243 e. The average molecular weight is 391 g/mol. The van der Waals surface area contributed by atoms with Gasteiger partial charge >= 0.3 is 0 Å². The van der Waals surface area contributed by atoms with Gasteiger partial charge in [-0.05, 0) is 30.5 Å². The van der Waals surface area contributed by atoms with Crippen molar-refractivity contribution >= 4 is 21.6 Å². The Morgan fingerprint density at radius 2 is 1.85 bits per heavy atom. The second kappa shape index (κ2) is 9.41. The number of rotatable bonds is 9. The summed E-state index contributed by atoms with van der Waals surface area (Å²) in [7, 11) is -2.15. The van der Waals surface area contributed by atoms with Crippen LogP contribution in [-0.2, 0) is 21.2 Å². The Hall–Kier alpha value is -2.54. The summed E-state index contributed by atoms with van der Waals surface area (Å²) in [4.78, 5) is 12.7. The van der Waals surface area contributed by atoms with E-state index >= 15 is 0 Å². The number of nitrogens with zero attached hydrogens (tertiary/aromatic N) is 1. The molecule has 0 aliphatic carbocycles. The summed E-state index contributed by atoms with van der Waals surface area (Å²) >= 11 is 0. The Morgan fingerprint density at radius 1 is 1.15 bits per heavy atom. The van der Waals surface area contributed by atoms with E-state index in [-0.39, 0.29) is 5.91 Å². The Labute approximate surface area is 161 Å². The lowest BCUT2D eigenvalue weighted by atomic mass is 10.1. The van der Waals surface area contributed by atoms with E-state index in [2.05, 4.69) is 5.32 Å². The number of hydrogen-bond donors (Lipinski definition) is 1. The molecule has 0 spiro atoms. The number of anilines is 1. The largest absolute Gasteiger partial charge is 0.497 e. The first-order chi connectivity index (χ1) is 12.9. The van der Waals surface area contributed by atoms with Crippen LogP contribution in [0.5, 0.6) is 5.75 Å². The molecular formula is C20H26N2O4S. The molecule has 0 heterocycles. The Morgan fingerprint density at radius 3 is 2.44 bits per heavy atom. The molecule has 0 saturated carbocycles. The second-order valence-corrected chi connectivity index (χ2v) is 8.07. The smallest absolute Gasteiger partial charge is 0.243 e. The van der Waals surface area contributed by atoms with Crippen molar-refractivity contribution in [1.29, 1.82) is 0 Å². The first-order valence-corrected chi connectivity index (χ1v) is 10.7. The van der Waals surface area contributed by atoms with Crippen molar-refractivity contribution in [3.8, 4) is 5.75 Å². The number of carbonyl (C=O) groups excluding carboxylic acids is 1. The quantitative estimate of drug-likeness (QED) is 0.714. The van der Waals surface area contributed by atoms with Crippen LogP contribution in [0.3, 0.4) is 0 Å².